The van der Waals surface area contributed by atoms with E-state index in [0.29, 0.717) is 4.57 Å². The molecule has 0 radical (unpaired) electrons. The molecule has 0 amide bonds. The lowest BCUT2D eigenvalue weighted by Gasteiger charge is -1.93. The summed E-state index contributed by atoms with van der Waals surface area (Å²) in [6.07, 6.45) is 0. The number of aromatic nitrogens is 1. The molecule has 0 aliphatic rings. The van der Waals surface area contributed by atoms with E-state index in [9.17, 15) is 17.6 Å². The molecule has 1 heterocycles. The van der Waals surface area contributed by atoms with Crippen molar-refractivity contribution in [1.82, 2.24) is 4.57 Å². The van der Waals surface area contributed by atoms with E-state index >= 15 is 0 Å². The maximum atomic E-state index is 13.2. The molecule has 0 N–H and O–H groups in total. The number of benzene rings is 1. The average molecular weight is 203 g/mol. The van der Waals surface area contributed by atoms with Crippen LogP contribution in [0.1, 0.15) is 0 Å². The molecule has 2 aromatic rings. The molecule has 14 heavy (non-hydrogen) atoms. The molecule has 0 atom stereocenters. The highest BCUT2D eigenvalue weighted by Gasteiger charge is 2.19. The minimum Gasteiger partial charge on any atom is -0.297 e. The van der Waals surface area contributed by atoms with Gasteiger partial charge in [-0.1, -0.05) is 0 Å². The Morgan fingerprint density at radius 1 is 1.00 bits per heavy atom. The molecule has 0 fully saturated rings. The highest BCUT2D eigenvalue weighted by Crippen LogP contribution is 2.27. The van der Waals surface area contributed by atoms with Crippen LogP contribution in [0.2, 0.25) is 0 Å². The van der Waals surface area contributed by atoms with Gasteiger partial charge in [-0.3, -0.25) is 4.57 Å². The van der Waals surface area contributed by atoms with Crippen LogP contribution in [0.15, 0.2) is 12.1 Å². The van der Waals surface area contributed by atoms with Crippen molar-refractivity contribution in [2.24, 2.45) is 7.05 Å². The topological polar surface area (TPSA) is 4.93 Å². The summed E-state index contributed by atoms with van der Waals surface area (Å²) in [6.45, 7) is 0. The van der Waals surface area contributed by atoms with Crippen molar-refractivity contribution < 1.29 is 17.6 Å². The van der Waals surface area contributed by atoms with E-state index in [1.54, 1.807) is 0 Å². The van der Waals surface area contributed by atoms with Crippen molar-refractivity contribution in [3.63, 3.8) is 0 Å². The van der Waals surface area contributed by atoms with Crippen LogP contribution in [-0.2, 0) is 7.05 Å². The Hall–Kier alpha value is -1.52. The number of rotatable bonds is 0. The van der Waals surface area contributed by atoms with Gasteiger partial charge < -0.3 is 0 Å². The number of fused-ring (bicyclic) bond motifs is 1. The van der Waals surface area contributed by atoms with Gasteiger partial charge in [-0.25, -0.2) is 8.78 Å². The van der Waals surface area contributed by atoms with Gasteiger partial charge in [0.1, 0.15) is 0 Å². The Morgan fingerprint density at radius 2 is 1.64 bits per heavy atom. The smallest absolute Gasteiger partial charge is 0.206 e. The summed E-state index contributed by atoms with van der Waals surface area (Å²) in [5, 5.41) is -0.908. The fourth-order valence-electron chi connectivity index (χ4n) is 1.36. The fraction of sp³-hybridized carbons (Fsp3) is 0.111. The van der Waals surface area contributed by atoms with Crippen molar-refractivity contribution in [1.29, 1.82) is 0 Å². The van der Waals surface area contributed by atoms with Crippen LogP contribution in [0.25, 0.3) is 10.8 Å². The predicted octanol–water partition coefficient (Wildman–Crippen LogP) is 2.73. The minimum atomic E-state index is -1.36. The number of halogens is 4. The van der Waals surface area contributed by atoms with Gasteiger partial charge in [-0.05, 0) is 12.1 Å². The van der Waals surface area contributed by atoms with Gasteiger partial charge in [0.05, 0.1) is 5.39 Å². The highest BCUT2D eigenvalue weighted by atomic mass is 19.2. The lowest BCUT2D eigenvalue weighted by molar-refractivity contribution is 0.461. The van der Waals surface area contributed by atoms with Crippen LogP contribution in [0, 0.1) is 23.5 Å². The third-order valence-corrected chi connectivity index (χ3v) is 2.11. The molecule has 0 unspecified atom stereocenters. The molecule has 5 heteroatoms. The summed E-state index contributed by atoms with van der Waals surface area (Å²) in [5.74, 6) is -4.59. The number of nitrogens with zero attached hydrogens (tertiary/aromatic N) is 1. The molecule has 2 rings (SSSR count). The molecule has 0 aliphatic heterocycles. The molecule has 0 saturated heterocycles. The molecule has 1 aromatic carbocycles. The third-order valence-electron chi connectivity index (χ3n) is 2.11. The molecular formula is C9H5F4N. The summed E-state index contributed by atoms with van der Waals surface area (Å²) < 4.78 is 52.6. The first kappa shape index (κ1) is 9.05. The van der Waals surface area contributed by atoms with Gasteiger partial charge in [-0.15, -0.1) is 0 Å². The van der Waals surface area contributed by atoms with Crippen LogP contribution >= 0.6 is 0 Å². The zero-order chi connectivity index (χ0) is 10.5. The Labute approximate surface area is 76.6 Å². The molecule has 0 bridgehead atoms. The van der Waals surface area contributed by atoms with E-state index in [1.165, 1.54) is 0 Å². The van der Waals surface area contributed by atoms with E-state index in [1.807, 2.05) is 0 Å². The third kappa shape index (κ3) is 0.950. The highest BCUT2D eigenvalue weighted by molar-refractivity contribution is 5.84. The molecule has 0 saturated carbocycles. The van der Waals surface area contributed by atoms with Crippen molar-refractivity contribution in [3.05, 3.63) is 35.7 Å². The van der Waals surface area contributed by atoms with Crippen molar-refractivity contribution in [3.8, 4) is 0 Å². The molecule has 1 nitrogen and oxygen atoms in total. The van der Waals surface area contributed by atoms with Gasteiger partial charge in [0.2, 0.25) is 11.9 Å². The quantitative estimate of drug-likeness (QED) is 0.580. The van der Waals surface area contributed by atoms with Crippen molar-refractivity contribution >= 4 is 10.8 Å². The molecule has 74 valence electrons. The summed E-state index contributed by atoms with van der Waals surface area (Å²) >= 11 is 0. The van der Waals surface area contributed by atoms with Crippen LogP contribution in [0.5, 0.6) is 0 Å². The first-order valence-corrected chi connectivity index (χ1v) is 3.81. The summed E-state index contributed by atoms with van der Waals surface area (Å²) in [6, 6.07) is 1.77. The SMILES string of the molecule is Cn1c(F)c2ccc(F)c(F)c2c1F. The Balaban J connectivity index is 3.03. The maximum Gasteiger partial charge on any atom is 0.206 e. The number of hydrogen-bond donors (Lipinski definition) is 0. The van der Waals surface area contributed by atoms with Gasteiger partial charge >= 0.3 is 0 Å². The van der Waals surface area contributed by atoms with Crippen molar-refractivity contribution in [2.75, 3.05) is 0 Å². The normalized spacial score (nSPS) is 11.2. The largest absolute Gasteiger partial charge is 0.297 e. The Morgan fingerprint density at radius 3 is 2.29 bits per heavy atom. The Kier molecular flexibility index (Phi) is 1.77. The van der Waals surface area contributed by atoms with Gasteiger partial charge in [0.15, 0.2) is 11.6 Å². The zero-order valence-corrected chi connectivity index (χ0v) is 7.11. The van der Waals surface area contributed by atoms with Crippen LogP contribution in [0.3, 0.4) is 0 Å². The van der Waals surface area contributed by atoms with Crippen LogP contribution in [-0.4, -0.2) is 4.57 Å². The van der Waals surface area contributed by atoms with E-state index in [2.05, 4.69) is 0 Å². The van der Waals surface area contributed by atoms with Gasteiger partial charge in [-0.2, -0.15) is 8.78 Å². The maximum absolute atomic E-state index is 13.2. The second-order valence-electron chi connectivity index (χ2n) is 2.92. The van der Waals surface area contributed by atoms with E-state index < -0.39 is 28.9 Å². The zero-order valence-electron chi connectivity index (χ0n) is 7.11. The number of hydrogen-bond acceptors (Lipinski definition) is 0. The summed E-state index contributed by atoms with van der Waals surface area (Å²) in [7, 11) is 1.10. The first-order chi connectivity index (χ1) is 6.54. The molecule has 1 aromatic heterocycles. The van der Waals surface area contributed by atoms with E-state index in [-0.39, 0.29) is 5.39 Å². The van der Waals surface area contributed by atoms with E-state index in [0.717, 1.165) is 19.2 Å². The lowest BCUT2D eigenvalue weighted by atomic mass is 10.2. The first-order valence-electron chi connectivity index (χ1n) is 3.81. The van der Waals surface area contributed by atoms with Crippen molar-refractivity contribution in [2.45, 2.75) is 0 Å². The van der Waals surface area contributed by atoms with Gasteiger partial charge in [0.25, 0.3) is 0 Å². The lowest BCUT2D eigenvalue weighted by Crippen LogP contribution is -1.94. The monoisotopic (exact) mass is 203 g/mol. The Bertz CT molecular complexity index is 515. The second-order valence-corrected chi connectivity index (χ2v) is 2.92. The predicted molar refractivity (Wildman–Crippen MR) is 42.8 cm³/mol. The van der Waals surface area contributed by atoms with E-state index in [4.69, 9.17) is 0 Å². The minimum absolute atomic E-state index is 0.260. The van der Waals surface area contributed by atoms with Crippen LogP contribution in [0.4, 0.5) is 17.6 Å². The molecular weight excluding hydrogens is 198 g/mol. The molecule has 0 aliphatic carbocycles. The summed E-state index contributed by atoms with van der Waals surface area (Å²) in [5.41, 5.74) is 0. The molecule has 0 spiro atoms. The standard InChI is InChI=1S/C9H5F4N/c1-14-8(12)4-2-3-5(10)7(11)6(4)9(14)13/h2-3H,1H3. The van der Waals surface area contributed by atoms with Crippen LogP contribution < -0.4 is 0 Å². The fourth-order valence-corrected chi connectivity index (χ4v) is 1.36. The average Bonchev–Trinajstić information content (AvgIpc) is 2.38. The second kappa shape index (κ2) is 2.73. The summed E-state index contributed by atoms with van der Waals surface area (Å²) in [4.78, 5) is 0. The van der Waals surface area contributed by atoms with Gasteiger partial charge in [0, 0.05) is 12.4 Å².